The first-order chi connectivity index (χ1) is 15.4. The molecular weight excluding hydrogens is 456 g/mol. The smallest absolute Gasteiger partial charge is 0.344 e. The van der Waals surface area contributed by atoms with Gasteiger partial charge in [0, 0.05) is 20.9 Å². The number of halogens is 1. The van der Waals surface area contributed by atoms with Crippen molar-refractivity contribution in [3.8, 4) is 5.75 Å². The van der Waals surface area contributed by atoms with Crippen LogP contribution < -0.4 is 9.64 Å². The molecule has 0 radical (unpaired) electrons. The number of nitro benzene ring substituents is 1. The molecule has 0 aromatic heterocycles. The van der Waals surface area contributed by atoms with Gasteiger partial charge in [-0.25, -0.2) is 4.79 Å². The van der Waals surface area contributed by atoms with Gasteiger partial charge in [0.15, 0.2) is 19.0 Å². The van der Waals surface area contributed by atoms with E-state index < -0.39 is 30.0 Å². The molecule has 0 unspecified atom stereocenters. The van der Waals surface area contributed by atoms with Crippen molar-refractivity contribution in [3.63, 3.8) is 0 Å². The minimum Gasteiger partial charge on any atom is -0.475 e. The Morgan fingerprint density at radius 3 is 2.50 bits per heavy atom. The molecule has 0 atom stereocenters. The summed E-state index contributed by atoms with van der Waals surface area (Å²) in [5.74, 6) is -1.37. The van der Waals surface area contributed by atoms with Crippen LogP contribution in [0.1, 0.15) is 0 Å². The van der Waals surface area contributed by atoms with Gasteiger partial charge in [-0.05, 0) is 36.4 Å². The Balaban J connectivity index is 1.45. The van der Waals surface area contributed by atoms with Gasteiger partial charge >= 0.3 is 11.7 Å². The van der Waals surface area contributed by atoms with Crippen molar-refractivity contribution < 1.29 is 24.0 Å². The Bertz CT molecular complexity index is 1220. The van der Waals surface area contributed by atoms with Gasteiger partial charge in [-0.1, -0.05) is 47.6 Å². The summed E-state index contributed by atoms with van der Waals surface area (Å²) in [5, 5.41) is 11.5. The van der Waals surface area contributed by atoms with Crippen molar-refractivity contribution in [2.24, 2.45) is 0 Å². The van der Waals surface area contributed by atoms with Gasteiger partial charge in [0.2, 0.25) is 0 Å². The van der Waals surface area contributed by atoms with Crippen molar-refractivity contribution in [1.82, 2.24) is 0 Å². The first kappa shape index (κ1) is 21.7. The third-order valence-corrected chi connectivity index (χ3v) is 5.87. The topological polar surface area (TPSA) is 99.0 Å². The predicted molar refractivity (Wildman–Crippen MR) is 119 cm³/mol. The molecule has 3 aromatic carbocycles. The number of fused-ring (bicyclic) bond motifs is 2. The third-order valence-electron chi connectivity index (χ3n) is 4.50. The highest BCUT2D eigenvalue weighted by Gasteiger charge is 2.29. The molecule has 0 aliphatic carbocycles. The largest absolute Gasteiger partial charge is 0.475 e. The van der Waals surface area contributed by atoms with Gasteiger partial charge in [0.05, 0.1) is 16.3 Å². The van der Waals surface area contributed by atoms with Crippen molar-refractivity contribution in [2.75, 3.05) is 18.1 Å². The molecule has 0 fully saturated rings. The number of hydrogen-bond donors (Lipinski definition) is 0. The summed E-state index contributed by atoms with van der Waals surface area (Å²) >= 11 is 7.65. The molecule has 32 heavy (non-hydrogen) atoms. The van der Waals surface area contributed by atoms with Gasteiger partial charge in [-0.15, -0.1) is 0 Å². The van der Waals surface area contributed by atoms with E-state index in [0.717, 1.165) is 9.79 Å². The normalized spacial score (nSPS) is 11.8. The van der Waals surface area contributed by atoms with E-state index in [1.807, 2.05) is 24.3 Å². The number of hydrogen-bond acceptors (Lipinski definition) is 7. The van der Waals surface area contributed by atoms with E-state index in [4.69, 9.17) is 21.1 Å². The fourth-order valence-corrected chi connectivity index (χ4v) is 4.32. The van der Waals surface area contributed by atoms with Gasteiger partial charge < -0.3 is 9.47 Å². The average molecular weight is 471 g/mol. The van der Waals surface area contributed by atoms with Crippen LogP contribution in [0.2, 0.25) is 5.02 Å². The Morgan fingerprint density at radius 2 is 1.69 bits per heavy atom. The number of nitro groups is 1. The van der Waals surface area contributed by atoms with E-state index in [2.05, 4.69) is 0 Å². The first-order valence-corrected chi connectivity index (χ1v) is 10.5. The van der Waals surface area contributed by atoms with Crippen LogP contribution in [0.15, 0.2) is 76.5 Å². The van der Waals surface area contributed by atoms with Crippen LogP contribution in [0.5, 0.6) is 5.75 Å². The molecule has 0 saturated carbocycles. The number of amides is 1. The summed E-state index contributed by atoms with van der Waals surface area (Å²) < 4.78 is 10.3. The minimum absolute atomic E-state index is 0.0636. The van der Waals surface area contributed by atoms with Gasteiger partial charge in [-0.2, -0.15) is 0 Å². The van der Waals surface area contributed by atoms with Gasteiger partial charge in [-0.3, -0.25) is 19.8 Å². The fourth-order valence-electron chi connectivity index (χ4n) is 3.11. The number of nitrogens with zero attached hydrogens (tertiary/aromatic N) is 2. The predicted octanol–water partition coefficient (Wildman–Crippen LogP) is 5.00. The summed E-state index contributed by atoms with van der Waals surface area (Å²) in [6, 6.07) is 18.3. The summed E-state index contributed by atoms with van der Waals surface area (Å²) in [4.78, 5) is 38.7. The number of rotatable bonds is 6. The van der Waals surface area contributed by atoms with Crippen LogP contribution in [-0.4, -0.2) is 30.0 Å². The van der Waals surface area contributed by atoms with E-state index >= 15 is 0 Å². The van der Waals surface area contributed by atoms with E-state index in [9.17, 15) is 19.7 Å². The Kier molecular flexibility index (Phi) is 6.29. The quantitative estimate of drug-likeness (QED) is 0.284. The first-order valence-electron chi connectivity index (χ1n) is 9.35. The second-order valence-electron chi connectivity index (χ2n) is 6.59. The standard InChI is InChI=1S/C22H15ClN2O6S/c23-14-9-10-20-17(11-14)24(16-6-2-4-8-19(16)32-20)21(26)12-31-22(27)13-30-18-7-3-1-5-15(18)25(28)29/h1-11H,12-13H2. The number of anilines is 2. The minimum atomic E-state index is -0.831. The second kappa shape index (κ2) is 9.29. The van der Waals surface area contributed by atoms with Crippen molar-refractivity contribution in [3.05, 3.63) is 81.9 Å². The molecule has 0 spiro atoms. The molecule has 0 bridgehead atoms. The zero-order valence-corrected chi connectivity index (χ0v) is 18.0. The van der Waals surface area contributed by atoms with Crippen molar-refractivity contribution >= 4 is 52.3 Å². The lowest BCUT2D eigenvalue weighted by Gasteiger charge is -2.31. The van der Waals surface area contributed by atoms with Crippen LogP contribution in [0, 0.1) is 10.1 Å². The fraction of sp³-hybridized carbons (Fsp3) is 0.0909. The van der Waals surface area contributed by atoms with Crippen molar-refractivity contribution in [2.45, 2.75) is 9.79 Å². The monoisotopic (exact) mass is 470 g/mol. The molecule has 1 aliphatic rings. The highest BCUT2D eigenvalue weighted by Crippen LogP contribution is 2.48. The number of carbonyl (C=O) groups is 2. The maximum Gasteiger partial charge on any atom is 0.344 e. The van der Waals surface area contributed by atoms with Crippen LogP contribution in [0.25, 0.3) is 0 Å². The van der Waals surface area contributed by atoms with Crippen LogP contribution in [0.4, 0.5) is 17.1 Å². The molecule has 1 heterocycles. The summed E-state index contributed by atoms with van der Waals surface area (Å²) in [5.41, 5.74) is 0.982. The highest BCUT2D eigenvalue weighted by molar-refractivity contribution is 7.99. The number of ether oxygens (including phenoxy) is 2. The number of carbonyl (C=O) groups excluding carboxylic acids is 2. The summed E-state index contributed by atoms with van der Waals surface area (Å²) in [6.07, 6.45) is 0. The zero-order valence-electron chi connectivity index (χ0n) is 16.4. The molecule has 1 aliphatic heterocycles. The molecular formula is C22H15ClN2O6S. The van der Waals surface area contributed by atoms with Crippen LogP contribution >= 0.6 is 23.4 Å². The lowest BCUT2D eigenvalue weighted by molar-refractivity contribution is -0.385. The number of benzene rings is 3. The number of esters is 1. The van der Waals surface area contributed by atoms with E-state index in [1.54, 1.807) is 24.3 Å². The maximum absolute atomic E-state index is 13.0. The molecule has 10 heteroatoms. The molecule has 3 aromatic rings. The van der Waals surface area contributed by atoms with Crippen LogP contribution in [0.3, 0.4) is 0 Å². The second-order valence-corrected chi connectivity index (χ2v) is 8.11. The molecule has 8 nitrogen and oxygen atoms in total. The maximum atomic E-state index is 13.0. The SMILES string of the molecule is O=C(COc1ccccc1[N+](=O)[O-])OCC(=O)N1c2ccccc2Sc2ccc(Cl)cc21. The Labute approximate surface area is 191 Å². The van der Waals surface area contributed by atoms with Crippen LogP contribution in [-0.2, 0) is 14.3 Å². The summed E-state index contributed by atoms with van der Waals surface area (Å²) in [7, 11) is 0. The third kappa shape index (κ3) is 4.53. The van der Waals surface area contributed by atoms with Crippen molar-refractivity contribution in [1.29, 1.82) is 0 Å². The number of para-hydroxylation sites is 3. The van der Waals surface area contributed by atoms with E-state index in [0.29, 0.717) is 16.4 Å². The van der Waals surface area contributed by atoms with Gasteiger partial charge in [0.25, 0.3) is 5.91 Å². The van der Waals surface area contributed by atoms with E-state index in [1.165, 1.54) is 34.9 Å². The lowest BCUT2D eigenvalue weighted by Crippen LogP contribution is -2.33. The molecule has 0 N–H and O–H groups in total. The molecule has 4 rings (SSSR count). The summed E-state index contributed by atoms with van der Waals surface area (Å²) in [6.45, 7) is -1.11. The molecule has 0 saturated heterocycles. The Morgan fingerprint density at radius 1 is 0.969 bits per heavy atom. The molecule has 162 valence electrons. The average Bonchev–Trinajstić information content (AvgIpc) is 2.79. The zero-order chi connectivity index (χ0) is 22.7. The van der Waals surface area contributed by atoms with E-state index in [-0.39, 0.29) is 11.4 Å². The molecule has 1 amide bonds. The highest BCUT2D eigenvalue weighted by atomic mass is 35.5. The lowest BCUT2D eigenvalue weighted by atomic mass is 10.2. The van der Waals surface area contributed by atoms with Gasteiger partial charge in [0.1, 0.15) is 0 Å². The Hall–Kier alpha value is -3.56.